The molecule has 0 radical (unpaired) electrons. The second-order valence-electron chi connectivity index (χ2n) is 6.02. The number of hydrogen-bond donors (Lipinski definition) is 3. The van der Waals surface area contributed by atoms with E-state index >= 15 is 0 Å². The second kappa shape index (κ2) is 8.77. The zero-order chi connectivity index (χ0) is 19.9. The fraction of sp³-hybridized carbons (Fsp3) is 0.0476. The van der Waals surface area contributed by atoms with Gasteiger partial charge in [0, 0.05) is 24.9 Å². The lowest BCUT2D eigenvalue weighted by atomic mass is 10.2. The molecule has 7 heteroatoms. The maximum Gasteiger partial charge on any atom is 0.248 e. The molecule has 0 fully saturated rings. The van der Waals surface area contributed by atoms with Gasteiger partial charge in [-0.25, -0.2) is 13.8 Å². The summed E-state index contributed by atoms with van der Waals surface area (Å²) >= 11 is 0. The predicted octanol–water partition coefficient (Wildman–Crippen LogP) is 4.21. The molecular formula is C21H18F2N4O. The summed E-state index contributed by atoms with van der Waals surface area (Å²) in [6.07, 6.45) is 4.58. The van der Waals surface area contributed by atoms with E-state index in [0.717, 1.165) is 11.6 Å². The van der Waals surface area contributed by atoms with Crippen LogP contribution in [0.5, 0.6) is 0 Å². The van der Waals surface area contributed by atoms with E-state index in [1.54, 1.807) is 48.7 Å². The van der Waals surface area contributed by atoms with E-state index in [4.69, 9.17) is 5.73 Å². The van der Waals surface area contributed by atoms with Crippen LogP contribution in [-0.2, 0) is 11.3 Å². The number of carbonyl (C=O) groups excluding carboxylic acids is 1. The number of para-hydroxylation sites is 2. The minimum atomic E-state index is -0.624. The first kappa shape index (κ1) is 19.0. The number of anilines is 3. The molecule has 2 aromatic carbocycles. The van der Waals surface area contributed by atoms with Crippen LogP contribution in [-0.4, -0.2) is 10.9 Å². The second-order valence-corrected chi connectivity index (χ2v) is 6.02. The summed E-state index contributed by atoms with van der Waals surface area (Å²) in [4.78, 5) is 16.2. The molecule has 0 saturated carbocycles. The lowest BCUT2D eigenvalue weighted by molar-refractivity contribution is -0.111. The van der Waals surface area contributed by atoms with Crippen molar-refractivity contribution in [3.63, 3.8) is 0 Å². The molecule has 0 aliphatic rings. The van der Waals surface area contributed by atoms with Crippen molar-refractivity contribution in [2.45, 2.75) is 6.54 Å². The molecule has 0 saturated heterocycles. The summed E-state index contributed by atoms with van der Waals surface area (Å²) in [5.41, 5.74) is 8.01. The van der Waals surface area contributed by atoms with E-state index in [-0.39, 0.29) is 12.5 Å². The Morgan fingerprint density at radius 1 is 1.07 bits per heavy atom. The minimum absolute atomic E-state index is 0.234. The third kappa shape index (κ3) is 5.38. The summed E-state index contributed by atoms with van der Waals surface area (Å²) in [6, 6.07) is 13.8. The van der Waals surface area contributed by atoms with Crippen LogP contribution in [0.2, 0.25) is 0 Å². The Hall–Kier alpha value is -3.74. The third-order valence-corrected chi connectivity index (χ3v) is 3.83. The fourth-order valence-electron chi connectivity index (χ4n) is 2.47. The van der Waals surface area contributed by atoms with Crippen LogP contribution in [0.1, 0.15) is 11.1 Å². The van der Waals surface area contributed by atoms with Gasteiger partial charge < -0.3 is 16.4 Å². The Bertz CT molecular complexity index is 983. The fourth-order valence-corrected chi connectivity index (χ4v) is 2.47. The van der Waals surface area contributed by atoms with Gasteiger partial charge in [0.2, 0.25) is 5.91 Å². The quantitative estimate of drug-likeness (QED) is 0.442. The highest BCUT2D eigenvalue weighted by Crippen LogP contribution is 2.17. The van der Waals surface area contributed by atoms with Gasteiger partial charge in [-0.15, -0.1) is 0 Å². The largest absolute Gasteiger partial charge is 0.397 e. The summed E-state index contributed by atoms with van der Waals surface area (Å²) < 4.78 is 26.4. The highest BCUT2D eigenvalue weighted by atomic mass is 19.1. The van der Waals surface area contributed by atoms with Crippen LogP contribution in [0.25, 0.3) is 6.08 Å². The zero-order valence-electron chi connectivity index (χ0n) is 14.8. The molecule has 3 rings (SSSR count). The topological polar surface area (TPSA) is 80.0 Å². The number of nitrogens with two attached hydrogens (primary N) is 1. The number of pyridine rings is 1. The Morgan fingerprint density at radius 3 is 2.50 bits per heavy atom. The minimum Gasteiger partial charge on any atom is -0.397 e. The van der Waals surface area contributed by atoms with Gasteiger partial charge in [0.25, 0.3) is 0 Å². The van der Waals surface area contributed by atoms with Crippen molar-refractivity contribution >= 4 is 29.2 Å². The molecule has 1 amide bonds. The van der Waals surface area contributed by atoms with Gasteiger partial charge in [0.15, 0.2) is 0 Å². The molecule has 1 heterocycles. The molecule has 0 spiro atoms. The average molecular weight is 380 g/mol. The van der Waals surface area contributed by atoms with Crippen molar-refractivity contribution in [3.8, 4) is 0 Å². The predicted molar refractivity (Wildman–Crippen MR) is 106 cm³/mol. The van der Waals surface area contributed by atoms with E-state index in [2.05, 4.69) is 15.6 Å². The van der Waals surface area contributed by atoms with Gasteiger partial charge in [0.1, 0.15) is 17.5 Å². The van der Waals surface area contributed by atoms with E-state index in [1.807, 2.05) is 0 Å². The number of nitrogens with zero attached hydrogens (tertiary/aromatic N) is 1. The molecule has 3 aromatic rings. The molecule has 142 valence electrons. The summed E-state index contributed by atoms with van der Waals surface area (Å²) in [5, 5.41) is 5.68. The Balaban J connectivity index is 1.55. The van der Waals surface area contributed by atoms with Crippen molar-refractivity contribution in [1.29, 1.82) is 0 Å². The van der Waals surface area contributed by atoms with E-state index in [1.165, 1.54) is 18.2 Å². The van der Waals surface area contributed by atoms with Crippen molar-refractivity contribution in [3.05, 3.63) is 89.6 Å². The number of hydrogen-bond acceptors (Lipinski definition) is 4. The smallest absolute Gasteiger partial charge is 0.248 e. The molecule has 5 nitrogen and oxygen atoms in total. The summed E-state index contributed by atoms with van der Waals surface area (Å²) in [7, 11) is 0. The number of nitrogens with one attached hydrogen (secondary N) is 2. The maximum absolute atomic E-state index is 13.2. The molecule has 0 unspecified atom stereocenters. The lowest BCUT2D eigenvalue weighted by Crippen LogP contribution is -2.09. The third-order valence-electron chi connectivity index (χ3n) is 3.83. The van der Waals surface area contributed by atoms with E-state index in [0.29, 0.717) is 22.8 Å². The first-order valence-corrected chi connectivity index (χ1v) is 8.48. The summed E-state index contributed by atoms with van der Waals surface area (Å²) in [5.74, 6) is -1.02. The first-order chi connectivity index (χ1) is 13.5. The molecule has 28 heavy (non-hydrogen) atoms. The van der Waals surface area contributed by atoms with Gasteiger partial charge in [-0.2, -0.15) is 0 Å². The standard InChI is InChI=1S/C21H18F2N4O/c22-16-9-15(10-17(23)11-16)13-26-20-7-5-14(12-25-20)6-8-21(28)27-19-4-2-1-3-18(19)24/h1-12H,13,24H2,(H,25,26)(H,27,28). The highest BCUT2D eigenvalue weighted by molar-refractivity contribution is 6.03. The van der Waals surface area contributed by atoms with Gasteiger partial charge in [-0.05, 0) is 53.6 Å². The number of halogens is 2. The van der Waals surface area contributed by atoms with Gasteiger partial charge >= 0.3 is 0 Å². The van der Waals surface area contributed by atoms with Gasteiger partial charge in [0.05, 0.1) is 11.4 Å². The number of nitrogen functional groups attached to an aromatic ring is 1. The highest BCUT2D eigenvalue weighted by Gasteiger charge is 2.03. The van der Waals surface area contributed by atoms with Crippen LogP contribution in [0.15, 0.2) is 66.9 Å². The molecule has 0 bridgehead atoms. The van der Waals surface area contributed by atoms with Crippen molar-refractivity contribution in [2.75, 3.05) is 16.4 Å². The maximum atomic E-state index is 13.2. The van der Waals surface area contributed by atoms with Crippen molar-refractivity contribution < 1.29 is 13.6 Å². The van der Waals surface area contributed by atoms with Crippen molar-refractivity contribution in [1.82, 2.24) is 4.98 Å². The molecule has 1 aromatic heterocycles. The van der Waals surface area contributed by atoms with Crippen LogP contribution >= 0.6 is 0 Å². The molecule has 0 atom stereocenters. The lowest BCUT2D eigenvalue weighted by Gasteiger charge is -2.07. The number of rotatable bonds is 6. The van der Waals surface area contributed by atoms with Gasteiger partial charge in [-0.1, -0.05) is 12.1 Å². The van der Waals surface area contributed by atoms with Crippen LogP contribution in [0, 0.1) is 11.6 Å². The van der Waals surface area contributed by atoms with E-state index in [9.17, 15) is 13.6 Å². The Labute approximate surface area is 160 Å². The molecular weight excluding hydrogens is 362 g/mol. The number of benzene rings is 2. The monoisotopic (exact) mass is 380 g/mol. The first-order valence-electron chi connectivity index (χ1n) is 8.48. The summed E-state index contributed by atoms with van der Waals surface area (Å²) in [6.45, 7) is 0.234. The van der Waals surface area contributed by atoms with Crippen molar-refractivity contribution in [2.24, 2.45) is 0 Å². The zero-order valence-corrected chi connectivity index (χ0v) is 14.8. The number of amides is 1. The van der Waals surface area contributed by atoms with Crippen LogP contribution in [0.4, 0.5) is 26.0 Å². The number of aromatic nitrogens is 1. The molecule has 0 aliphatic heterocycles. The van der Waals surface area contributed by atoms with E-state index < -0.39 is 11.6 Å². The van der Waals surface area contributed by atoms with Crippen LogP contribution < -0.4 is 16.4 Å². The molecule has 4 N–H and O–H groups in total. The number of carbonyl (C=O) groups is 1. The molecule has 0 aliphatic carbocycles. The van der Waals surface area contributed by atoms with Gasteiger partial charge in [-0.3, -0.25) is 4.79 Å². The van der Waals surface area contributed by atoms with Crippen LogP contribution in [0.3, 0.4) is 0 Å². The normalized spacial score (nSPS) is 10.8. The SMILES string of the molecule is Nc1ccccc1NC(=O)C=Cc1ccc(NCc2cc(F)cc(F)c2)nc1. The Kier molecular flexibility index (Phi) is 5.96. The Morgan fingerprint density at radius 2 is 1.82 bits per heavy atom. The average Bonchev–Trinajstić information content (AvgIpc) is 2.67.